The van der Waals surface area contributed by atoms with Crippen LogP contribution in [0.5, 0.6) is 0 Å². The predicted octanol–water partition coefficient (Wildman–Crippen LogP) is 2.54. The molecule has 2 aromatic rings. The molecule has 66 valence electrons. The lowest BCUT2D eigenvalue weighted by molar-refractivity contribution is 0.0699. The van der Waals surface area contributed by atoms with Crippen molar-refractivity contribution < 1.29 is 9.90 Å². The molecule has 1 N–H and O–H groups in total. The summed E-state index contributed by atoms with van der Waals surface area (Å²) >= 11 is 2.07. The van der Waals surface area contributed by atoms with Crippen molar-refractivity contribution in [2.75, 3.05) is 0 Å². The lowest BCUT2D eigenvalue weighted by Crippen LogP contribution is -1.93. The van der Waals surface area contributed by atoms with Crippen molar-refractivity contribution >= 4 is 39.7 Å². The van der Waals surface area contributed by atoms with E-state index in [1.807, 2.05) is 24.3 Å². The highest BCUT2D eigenvalue weighted by molar-refractivity contribution is 14.1. The number of benzene rings is 1. The zero-order valence-corrected chi connectivity index (χ0v) is 8.72. The third-order valence-corrected chi connectivity index (χ3v) is 2.70. The fraction of sp³-hybridized carbons (Fsp3) is 0. The number of aromatic nitrogens is 1. The first-order valence-electron chi connectivity index (χ1n) is 3.69. The summed E-state index contributed by atoms with van der Waals surface area (Å²) in [6.45, 7) is 0. The summed E-state index contributed by atoms with van der Waals surface area (Å²) in [5, 5.41) is 9.66. The second-order valence-electron chi connectivity index (χ2n) is 2.68. The number of carboxylic acid groups (broad SMARTS) is 1. The summed E-state index contributed by atoms with van der Waals surface area (Å²) < 4.78 is 1.79. The van der Waals surface area contributed by atoms with Gasteiger partial charge < -0.3 is 5.11 Å². The topological polar surface area (TPSA) is 42.2 Å². The molecule has 0 radical (unpaired) electrons. The second-order valence-corrected chi connectivity index (χ2v) is 3.72. The van der Waals surface area contributed by atoms with Crippen LogP contribution in [-0.4, -0.2) is 13.9 Å². The van der Waals surface area contributed by atoms with Gasteiger partial charge in [0.15, 0.2) is 0 Å². The van der Waals surface area contributed by atoms with Gasteiger partial charge in [0.2, 0.25) is 0 Å². The Morgan fingerprint density at radius 1 is 1.38 bits per heavy atom. The first-order valence-corrected chi connectivity index (χ1v) is 4.66. The predicted molar refractivity (Wildman–Crippen MR) is 58.3 cm³/mol. The van der Waals surface area contributed by atoms with E-state index < -0.39 is 5.97 Å². The van der Waals surface area contributed by atoms with Gasteiger partial charge in [-0.25, -0.2) is 4.79 Å². The molecule has 2 rings (SSSR count). The maximum Gasteiger partial charge on any atom is 0.337 e. The van der Waals surface area contributed by atoms with Crippen LogP contribution in [0.4, 0.5) is 0 Å². The normalized spacial score (nSPS) is 10.5. The summed E-state index contributed by atoms with van der Waals surface area (Å²) in [7, 11) is 0. The lowest BCUT2D eigenvalue weighted by atomic mass is 10.2. The fourth-order valence-corrected chi connectivity index (χ4v) is 2.01. The third-order valence-electron chi connectivity index (χ3n) is 1.90. The van der Waals surface area contributed by atoms with Gasteiger partial charge in [-0.15, -0.1) is 0 Å². The Balaban J connectivity index is 2.85. The summed E-state index contributed by atoms with van der Waals surface area (Å²) in [4.78, 5) is 10.8. The van der Waals surface area contributed by atoms with Crippen molar-refractivity contribution in [2.45, 2.75) is 0 Å². The largest absolute Gasteiger partial charge is 0.478 e. The number of carboxylic acids is 1. The highest BCUT2D eigenvalue weighted by Crippen LogP contribution is 2.22. The van der Waals surface area contributed by atoms with Gasteiger partial charge in [-0.3, -0.25) is 2.78 Å². The van der Waals surface area contributed by atoms with E-state index in [-0.39, 0.29) is 0 Å². The number of hydrogen-bond acceptors (Lipinski definition) is 1. The molecule has 0 unspecified atom stereocenters. The van der Waals surface area contributed by atoms with Crippen LogP contribution < -0.4 is 0 Å². The van der Waals surface area contributed by atoms with Crippen LogP contribution in [-0.2, 0) is 0 Å². The number of aromatic carboxylic acids is 1. The Bertz CT molecular complexity index is 475. The van der Waals surface area contributed by atoms with Crippen molar-refractivity contribution in [1.82, 2.24) is 2.78 Å². The molecule has 1 aromatic heterocycles. The van der Waals surface area contributed by atoms with Gasteiger partial charge in [0, 0.05) is 11.6 Å². The minimum absolute atomic E-state index is 0.352. The zero-order chi connectivity index (χ0) is 9.42. The molecule has 3 nitrogen and oxygen atoms in total. The van der Waals surface area contributed by atoms with Crippen molar-refractivity contribution in [3.8, 4) is 0 Å². The number of hydrogen-bond donors (Lipinski definition) is 1. The highest BCUT2D eigenvalue weighted by atomic mass is 127. The number of carbonyl (C=O) groups is 1. The molecular formula is C9H6INO2. The van der Waals surface area contributed by atoms with Gasteiger partial charge in [0.05, 0.1) is 33.9 Å². The van der Waals surface area contributed by atoms with Crippen LogP contribution in [0.1, 0.15) is 10.4 Å². The minimum atomic E-state index is -0.883. The van der Waals surface area contributed by atoms with Crippen LogP contribution in [0.15, 0.2) is 30.5 Å². The number of halogens is 1. The minimum Gasteiger partial charge on any atom is -0.478 e. The monoisotopic (exact) mass is 287 g/mol. The van der Waals surface area contributed by atoms with Crippen molar-refractivity contribution in [2.24, 2.45) is 0 Å². The molecule has 0 aliphatic heterocycles. The van der Waals surface area contributed by atoms with E-state index in [0.717, 1.165) is 10.9 Å². The van der Waals surface area contributed by atoms with Crippen LogP contribution >= 0.6 is 22.9 Å². The number of para-hydroxylation sites is 1. The Hall–Kier alpha value is -1.04. The summed E-state index contributed by atoms with van der Waals surface area (Å²) in [5.74, 6) is -0.883. The van der Waals surface area contributed by atoms with Gasteiger partial charge in [0.25, 0.3) is 0 Å². The van der Waals surface area contributed by atoms with E-state index in [1.54, 1.807) is 8.98 Å². The maximum absolute atomic E-state index is 10.8. The van der Waals surface area contributed by atoms with Crippen molar-refractivity contribution in [3.63, 3.8) is 0 Å². The molecule has 1 aromatic carbocycles. The molecule has 0 aliphatic rings. The van der Waals surface area contributed by atoms with Crippen LogP contribution in [0.3, 0.4) is 0 Å². The molecule has 0 saturated carbocycles. The Morgan fingerprint density at radius 2 is 2.08 bits per heavy atom. The highest BCUT2D eigenvalue weighted by Gasteiger charge is 2.11. The van der Waals surface area contributed by atoms with Gasteiger partial charge in [-0.05, 0) is 6.07 Å². The van der Waals surface area contributed by atoms with E-state index in [2.05, 4.69) is 22.9 Å². The summed E-state index contributed by atoms with van der Waals surface area (Å²) in [6.07, 6.45) is 1.62. The number of nitrogens with zero attached hydrogens (tertiary/aromatic N) is 1. The average Bonchev–Trinajstić information content (AvgIpc) is 2.45. The lowest BCUT2D eigenvalue weighted by Gasteiger charge is -1.91. The van der Waals surface area contributed by atoms with Crippen LogP contribution in [0.2, 0.25) is 0 Å². The molecule has 0 bridgehead atoms. The van der Waals surface area contributed by atoms with Gasteiger partial charge in [0.1, 0.15) is 0 Å². The standard InChI is InChI=1S/C9H6INO2/c10-11-5-7(9(12)13)6-3-1-2-4-8(6)11/h1-5H,(H,12,13). The Kier molecular flexibility index (Phi) is 1.99. The Morgan fingerprint density at radius 3 is 2.77 bits per heavy atom. The third kappa shape index (κ3) is 1.31. The molecule has 0 saturated heterocycles. The molecule has 13 heavy (non-hydrogen) atoms. The number of fused-ring (bicyclic) bond motifs is 1. The van der Waals surface area contributed by atoms with Gasteiger partial charge in [-0.2, -0.15) is 0 Å². The fourth-order valence-electron chi connectivity index (χ4n) is 1.31. The van der Waals surface area contributed by atoms with E-state index in [1.165, 1.54) is 0 Å². The van der Waals surface area contributed by atoms with Gasteiger partial charge >= 0.3 is 5.97 Å². The van der Waals surface area contributed by atoms with Crippen molar-refractivity contribution in [3.05, 3.63) is 36.0 Å². The molecule has 0 aliphatic carbocycles. The molecule has 0 fully saturated rings. The Labute approximate surface area is 88.5 Å². The van der Waals surface area contributed by atoms with E-state index in [4.69, 9.17) is 5.11 Å². The van der Waals surface area contributed by atoms with E-state index in [0.29, 0.717) is 5.56 Å². The second kappa shape index (κ2) is 3.02. The van der Waals surface area contributed by atoms with Crippen LogP contribution in [0.25, 0.3) is 10.9 Å². The zero-order valence-electron chi connectivity index (χ0n) is 6.57. The smallest absolute Gasteiger partial charge is 0.337 e. The quantitative estimate of drug-likeness (QED) is 0.819. The first-order chi connectivity index (χ1) is 6.20. The molecule has 0 spiro atoms. The summed E-state index contributed by atoms with van der Waals surface area (Å²) in [5.41, 5.74) is 1.28. The van der Waals surface area contributed by atoms with E-state index >= 15 is 0 Å². The van der Waals surface area contributed by atoms with E-state index in [9.17, 15) is 4.79 Å². The SMILES string of the molecule is O=C(O)c1cn(I)c2ccccc12. The molecule has 0 atom stereocenters. The molecular weight excluding hydrogens is 281 g/mol. The maximum atomic E-state index is 10.8. The molecule has 4 heteroatoms. The first kappa shape index (κ1) is 8.55. The van der Waals surface area contributed by atoms with Crippen molar-refractivity contribution in [1.29, 1.82) is 0 Å². The van der Waals surface area contributed by atoms with Gasteiger partial charge in [-0.1, -0.05) is 18.2 Å². The average molecular weight is 287 g/mol. The summed E-state index contributed by atoms with van der Waals surface area (Å²) in [6, 6.07) is 7.44. The molecule has 0 amide bonds. The number of rotatable bonds is 1. The molecule has 1 heterocycles. The van der Waals surface area contributed by atoms with Crippen LogP contribution in [0, 0.1) is 0 Å².